The number of H-pyrrole nitrogens is 1. The Kier molecular flexibility index (Phi) is 3.48. The van der Waals surface area contributed by atoms with Gasteiger partial charge in [-0.25, -0.2) is 4.39 Å². The third-order valence-electron chi connectivity index (χ3n) is 2.03. The van der Waals surface area contributed by atoms with Crippen molar-refractivity contribution >= 4 is 38.5 Å². The SMILES string of the molecule is O=c1[nH]c(-c2ccc(F)cc2Br)nc(O)c1I. The molecule has 0 amide bonds. The summed E-state index contributed by atoms with van der Waals surface area (Å²) in [6, 6.07) is 3.96. The maximum atomic E-state index is 12.9. The van der Waals surface area contributed by atoms with E-state index in [0.717, 1.165) is 0 Å². The summed E-state index contributed by atoms with van der Waals surface area (Å²) < 4.78 is 13.5. The lowest BCUT2D eigenvalue weighted by atomic mass is 10.2. The van der Waals surface area contributed by atoms with Gasteiger partial charge in [0, 0.05) is 10.0 Å². The smallest absolute Gasteiger partial charge is 0.268 e. The fourth-order valence-corrected chi connectivity index (χ4v) is 2.05. The highest BCUT2D eigenvalue weighted by molar-refractivity contribution is 14.1. The van der Waals surface area contributed by atoms with Gasteiger partial charge in [-0.2, -0.15) is 4.98 Å². The second kappa shape index (κ2) is 4.73. The van der Waals surface area contributed by atoms with Gasteiger partial charge in [-0.05, 0) is 56.7 Å². The molecule has 88 valence electrons. The molecule has 0 aliphatic carbocycles. The predicted octanol–water partition coefficient (Wildman–Crippen LogP) is 2.65. The van der Waals surface area contributed by atoms with E-state index >= 15 is 0 Å². The molecule has 0 bridgehead atoms. The van der Waals surface area contributed by atoms with Gasteiger partial charge in [-0.3, -0.25) is 4.79 Å². The van der Waals surface area contributed by atoms with Crippen molar-refractivity contribution in [2.75, 3.05) is 0 Å². The van der Waals surface area contributed by atoms with Gasteiger partial charge in [-0.15, -0.1) is 0 Å². The number of hydrogen-bond acceptors (Lipinski definition) is 3. The Morgan fingerprint density at radius 2 is 2.18 bits per heavy atom. The minimum absolute atomic E-state index is 0.115. The minimum Gasteiger partial charge on any atom is -0.492 e. The van der Waals surface area contributed by atoms with Crippen LogP contribution in [-0.4, -0.2) is 15.1 Å². The quantitative estimate of drug-likeness (QED) is 0.710. The van der Waals surface area contributed by atoms with Crippen LogP contribution in [0, 0.1) is 9.39 Å². The van der Waals surface area contributed by atoms with Crippen LogP contribution in [0.3, 0.4) is 0 Å². The lowest BCUT2D eigenvalue weighted by Gasteiger charge is -2.05. The maximum Gasteiger partial charge on any atom is 0.268 e. The Labute approximate surface area is 117 Å². The molecule has 0 aliphatic rings. The molecule has 0 saturated heterocycles. The minimum atomic E-state index is -0.440. The molecule has 4 nitrogen and oxygen atoms in total. The van der Waals surface area contributed by atoms with Crippen LogP contribution in [0.25, 0.3) is 11.4 Å². The molecule has 7 heteroatoms. The van der Waals surface area contributed by atoms with Gasteiger partial charge in [0.2, 0.25) is 5.88 Å². The highest BCUT2D eigenvalue weighted by Crippen LogP contribution is 2.27. The Morgan fingerprint density at radius 3 is 2.76 bits per heavy atom. The molecule has 1 aromatic carbocycles. The van der Waals surface area contributed by atoms with Crippen molar-refractivity contribution in [1.29, 1.82) is 0 Å². The summed E-state index contributed by atoms with van der Waals surface area (Å²) in [5.74, 6) is -0.571. The number of nitrogens with zero attached hydrogens (tertiary/aromatic N) is 1. The van der Waals surface area contributed by atoms with Crippen LogP contribution in [0.15, 0.2) is 27.5 Å². The van der Waals surface area contributed by atoms with Crippen LogP contribution in [0.5, 0.6) is 5.88 Å². The van der Waals surface area contributed by atoms with E-state index in [-0.39, 0.29) is 15.3 Å². The standard InChI is InChI=1S/C10H5BrFIN2O2/c11-6-3-4(12)1-2-5(6)8-14-9(16)7(13)10(17)15-8/h1-3H,(H2,14,15,16,17). The van der Waals surface area contributed by atoms with E-state index in [0.29, 0.717) is 10.0 Å². The van der Waals surface area contributed by atoms with Crippen LogP contribution in [0.4, 0.5) is 4.39 Å². The van der Waals surface area contributed by atoms with Crippen molar-refractivity contribution in [1.82, 2.24) is 9.97 Å². The van der Waals surface area contributed by atoms with Gasteiger partial charge < -0.3 is 10.1 Å². The number of hydrogen-bond donors (Lipinski definition) is 2. The molecule has 1 aromatic heterocycles. The molecule has 0 atom stereocenters. The van der Waals surface area contributed by atoms with Gasteiger partial charge in [0.15, 0.2) is 0 Å². The van der Waals surface area contributed by atoms with Crippen molar-refractivity contribution in [3.63, 3.8) is 0 Å². The third-order valence-corrected chi connectivity index (χ3v) is 3.66. The molecule has 2 aromatic rings. The molecule has 0 spiro atoms. The van der Waals surface area contributed by atoms with Gasteiger partial charge >= 0.3 is 0 Å². The first-order valence-electron chi connectivity index (χ1n) is 4.43. The zero-order chi connectivity index (χ0) is 12.6. The normalized spacial score (nSPS) is 10.5. The topological polar surface area (TPSA) is 66.0 Å². The summed E-state index contributed by atoms with van der Waals surface area (Å²) in [6.07, 6.45) is 0. The van der Waals surface area contributed by atoms with Crippen molar-refractivity contribution in [2.24, 2.45) is 0 Å². The number of aromatic hydroxyl groups is 1. The highest BCUT2D eigenvalue weighted by atomic mass is 127. The lowest BCUT2D eigenvalue weighted by molar-refractivity contribution is 0.447. The number of rotatable bonds is 1. The average Bonchev–Trinajstić information content (AvgIpc) is 2.25. The zero-order valence-electron chi connectivity index (χ0n) is 8.17. The molecule has 0 saturated carbocycles. The molecule has 0 fully saturated rings. The van der Waals surface area contributed by atoms with E-state index in [1.54, 1.807) is 22.6 Å². The van der Waals surface area contributed by atoms with E-state index in [2.05, 4.69) is 25.9 Å². The second-order valence-electron chi connectivity index (χ2n) is 3.18. The molecule has 2 rings (SSSR count). The summed E-state index contributed by atoms with van der Waals surface area (Å²) >= 11 is 4.86. The van der Waals surface area contributed by atoms with Crippen LogP contribution in [0.1, 0.15) is 0 Å². The number of benzene rings is 1. The van der Waals surface area contributed by atoms with Crippen LogP contribution in [-0.2, 0) is 0 Å². The first-order chi connectivity index (χ1) is 7.99. The number of halogens is 3. The summed E-state index contributed by atoms with van der Waals surface area (Å²) in [5, 5.41) is 9.46. The average molecular weight is 411 g/mol. The molecule has 0 aliphatic heterocycles. The van der Waals surface area contributed by atoms with Crippen molar-refractivity contribution < 1.29 is 9.50 Å². The third kappa shape index (κ3) is 2.49. The fraction of sp³-hybridized carbons (Fsp3) is 0. The number of aromatic amines is 1. The Balaban J connectivity index is 2.65. The molecule has 2 N–H and O–H groups in total. The fourth-order valence-electron chi connectivity index (χ4n) is 1.26. The maximum absolute atomic E-state index is 12.9. The van der Waals surface area contributed by atoms with Crippen LogP contribution >= 0.6 is 38.5 Å². The van der Waals surface area contributed by atoms with Gasteiger partial charge in [0.05, 0.1) is 0 Å². The molecule has 0 unspecified atom stereocenters. The highest BCUT2D eigenvalue weighted by Gasteiger charge is 2.11. The van der Waals surface area contributed by atoms with Crippen LogP contribution in [0.2, 0.25) is 0 Å². The van der Waals surface area contributed by atoms with Crippen LogP contribution < -0.4 is 5.56 Å². The molecular weight excluding hydrogens is 406 g/mol. The lowest BCUT2D eigenvalue weighted by Crippen LogP contribution is -2.12. The summed E-state index contributed by atoms with van der Waals surface area (Å²) in [7, 11) is 0. The van der Waals surface area contributed by atoms with E-state index in [1.807, 2.05) is 0 Å². The number of aromatic nitrogens is 2. The second-order valence-corrected chi connectivity index (χ2v) is 5.11. The molecular formula is C10H5BrFIN2O2. The van der Waals surface area contributed by atoms with Gasteiger partial charge in [-0.1, -0.05) is 0 Å². The first kappa shape index (κ1) is 12.5. The Morgan fingerprint density at radius 1 is 1.47 bits per heavy atom. The summed E-state index contributed by atoms with van der Waals surface area (Å²) in [4.78, 5) is 17.8. The summed E-state index contributed by atoms with van der Waals surface area (Å²) in [5.41, 5.74) is 0.0551. The van der Waals surface area contributed by atoms with E-state index in [9.17, 15) is 14.3 Å². The largest absolute Gasteiger partial charge is 0.492 e. The van der Waals surface area contributed by atoms with E-state index in [4.69, 9.17) is 0 Å². The Hall–Kier alpha value is -0.960. The summed E-state index contributed by atoms with van der Waals surface area (Å²) in [6.45, 7) is 0. The monoisotopic (exact) mass is 410 g/mol. The molecule has 17 heavy (non-hydrogen) atoms. The predicted molar refractivity (Wildman–Crippen MR) is 72.3 cm³/mol. The van der Waals surface area contributed by atoms with Crippen molar-refractivity contribution in [3.8, 4) is 17.3 Å². The van der Waals surface area contributed by atoms with E-state index in [1.165, 1.54) is 18.2 Å². The van der Waals surface area contributed by atoms with Crippen molar-refractivity contribution in [2.45, 2.75) is 0 Å². The van der Waals surface area contributed by atoms with E-state index < -0.39 is 11.4 Å². The first-order valence-corrected chi connectivity index (χ1v) is 6.30. The molecule has 0 radical (unpaired) electrons. The Bertz CT molecular complexity index is 645. The van der Waals surface area contributed by atoms with Crippen molar-refractivity contribution in [3.05, 3.63) is 42.4 Å². The zero-order valence-corrected chi connectivity index (χ0v) is 11.9. The van der Waals surface area contributed by atoms with Gasteiger partial charge in [0.1, 0.15) is 15.2 Å². The number of nitrogens with one attached hydrogen (secondary N) is 1. The molecule has 1 heterocycles. The van der Waals surface area contributed by atoms with Gasteiger partial charge in [0.25, 0.3) is 5.56 Å².